The third kappa shape index (κ3) is 3.07. The van der Waals surface area contributed by atoms with Crippen LogP contribution >= 0.6 is 22.9 Å². The molecule has 0 bridgehead atoms. The molecule has 1 aromatic carbocycles. The van der Waals surface area contributed by atoms with Gasteiger partial charge in [0, 0.05) is 37.4 Å². The summed E-state index contributed by atoms with van der Waals surface area (Å²) >= 11 is 7.87. The summed E-state index contributed by atoms with van der Waals surface area (Å²) in [4.78, 5) is 25.5. The van der Waals surface area contributed by atoms with Crippen LogP contribution in [0.25, 0.3) is 10.2 Å². The Balaban J connectivity index is 1.49. The fourth-order valence-corrected chi connectivity index (χ4v) is 4.21. The molecule has 1 aliphatic rings. The Hall–Kier alpha value is -2.18. The standard InChI is InChI=1S/C18H17ClN4OS/c1-12-13(19)5-6-15-16(12)21-18(25-15)23-10-8-22(9-11-23)17(24)14-4-2-3-7-20-14/h2-7H,8-11H2,1H3. The first kappa shape index (κ1) is 16.3. The quantitative estimate of drug-likeness (QED) is 0.689. The van der Waals surface area contributed by atoms with Gasteiger partial charge in [0.1, 0.15) is 5.69 Å². The molecule has 0 atom stereocenters. The number of halogens is 1. The van der Waals surface area contributed by atoms with Crippen molar-refractivity contribution in [2.45, 2.75) is 6.92 Å². The van der Waals surface area contributed by atoms with Crippen molar-refractivity contribution in [1.82, 2.24) is 14.9 Å². The van der Waals surface area contributed by atoms with E-state index in [4.69, 9.17) is 16.6 Å². The van der Waals surface area contributed by atoms with Crippen LogP contribution in [0.1, 0.15) is 16.1 Å². The van der Waals surface area contributed by atoms with Gasteiger partial charge in [-0.1, -0.05) is 29.0 Å². The number of fused-ring (bicyclic) bond motifs is 1. The van der Waals surface area contributed by atoms with Crippen molar-refractivity contribution in [1.29, 1.82) is 0 Å². The van der Waals surface area contributed by atoms with Crippen LogP contribution in [0, 0.1) is 6.92 Å². The number of rotatable bonds is 2. The van der Waals surface area contributed by atoms with Crippen LogP contribution in [0.5, 0.6) is 0 Å². The minimum Gasteiger partial charge on any atom is -0.345 e. The maximum absolute atomic E-state index is 12.5. The number of hydrogen-bond donors (Lipinski definition) is 0. The van der Waals surface area contributed by atoms with Crippen molar-refractivity contribution < 1.29 is 4.79 Å². The first-order valence-electron chi connectivity index (χ1n) is 8.14. The Morgan fingerprint density at radius 2 is 1.96 bits per heavy atom. The van der Waals surface area contributed by atoms with Crippen molar-refractivity contribution >= 4 is 44.2 Å². The largest absolute Gasteiger partial charge is 0.345 e. The minimum atomic E-state index is -0.00724. The zero-order chi connectivity index (χ0) is 17.4. The van der Waals surface area contributed by atoms with E-state index in [1.54, 1.807) is 23.6 Å². The number of hydrogen-bond acceptors (Lipinski definition) is 5. The molecule has 0 spiro atoms. The zero-order valence-electron chi connectivity index (χ0n) is 13.8. The van der Waals surface area contributed by atoms with Crippen LogP contribution in [-0.4, -0.2) is 47.0 Å². The molecule has 2 aromatic heterocycles. The molecule has 3 heterocycles. The normalized spacial score (nSPS) is 15.0. The van der Waals surface area contributed by atoms with Gasteiger partial charge in [-0.2, -0.15) is 0 Å². The summed E-state index contributed by atoms with van der Waals surface area (Å²) in [6, 6.07) is 9.35. The van der Waals surface area contributed by atoms with Gasteiger partial charge in [0.25, 0.3) is 5.91 Å². The fraction of sp³-hybridized carbons (Fsp3) is 0.278. The molecule has 128 valence electrons. The van der Waals surface area contributed by atoms with Gasteiger partial charge >= 0.3 is 0 Å². The number of anilines is 1. The molecule has 0 radical (unpaired) electrons. The lowest BCUT2D eigenvalue weighted by molar-refractivity contribution is 0.0741. The predicted molar refractivity (Wildman–Crippen MR) is 102 cm³/mol. The van der Waals surface area contributed by atoms with Crippen molar-refractivity contribution in [3.63, 3.8) is 0 Å². The summed E-state index contributed by atoms with van der Waals surface area (Å²) in [5, 5.41) is 1.74. The second-order valence-corrected chi connectivity index (χ2v) is 7.43. The van der Waals surface area contributed by atoms with Gasteiger partial charge in [-0.15, -0.1) is 0 Å². The highest BCUT2D eigenvalue weighted by Crippen LogP contribution is 2.33. The molecule has 1 amide bonds. The number of aromatic nitrogens is 2. The average molecular weight is 373 g/mol. The second kappa shape index (κ2) is 6.61. The Bertz CT molecular complexity index is 919. The van der Waals surface area contributed by atoms with Crippen molar-refractivity contribution in [2.75, 3.05) is 31.1 Å². The number of carbonyl (C=O) groups excluding carboxylic acids is 1. The van der Waals surface area contributed by atoms with Crippen molar-refractivity contribution in [3.05, 3.63) is 52.8 Å². The summed E-state index contributed by atoms with van der Waals surface area (Å²) in [5.74, 6) is -0.00724. The molecule has 0 N–H and O–H groups in total. The average Bonchev–Trinajstić information content (AvgIpc) is 3.10. The Morgan fingerprint density at radius 1 is 1.16 bits per heavy atom. The topological polar surface area (TPSA) is 49.3 Å². The van der Waals surface area contributed by atoms with E-state index in [0.29, 0.717) is 18.8 Å². The van der Waals surface area contributed by atoms with Crippen LogP contribution < -0.4 is 4.90 Å². The van der Waals surface area contributed by atoms with Gasteiger partial charge in [-0.25, -0.2) is 4.98 Å². The van der Waals surface area contributed by atoms with E-state index in [0.717, 1.165) is 39.0 Å². The van der Waals surface area contributed by atoms with E-state index in [-0.39, 0.29) is 5.91 Å². The second-order valence-electron chi connectivity index (χ2n) is 6.01. The smallest absolute Gasteiger partial charge is 0.272 e. The lowest BCUT2D eigenvalue weighted by Gasteiger charge is -2.34. The summed E-state index contributed by atoms with van der Waals surface area (Å²) in [6.07, 6.45) is 1.65. The lowest BCUT2D eigenvalue weighted by Crippen LogP contribution is -2.49. The Kier molecular flexibility index (Phi) is 4.31. The zero-order valence-corrected chi connectivity index (χ0v) is 15.3. The fourth-order valence-electron chi connectivity index (χ4n) is 2.98. The molecule has 25 heavy (non-hydrogen) atoms. The number of pyridine rings is 1. The number of carbonyl (C=O) groups is 1. The highest BCUT2D eigenvalue weighted by atomic mass is 35.5. The van der Waals surface area contributed by atoms with Crippen molar-refractivity contribution in [3.8, 4) is 0 Å². The van der Waals surface area contributed by atoms with E-state index in [9.17, 15) is 4.79 Å². The third-order valence-electron chi connectivity index (χ3n) is 4.46. The van der Waals surface area contributed by atoms with Gasteiger partial charge in [0.05, 0.1) is 10.2 Å². The Morgan fingerprint density at radius 3 is 2.68 bits per heavy atom. The molecule has 1 fully saturated rings. The summed E-state index contributed by atoms with van der Waals surface area (Å²) < 4.78 is 1.14. The number of aryl methyl sites for hydroxylation is 1. The molecule has 1 saturated heterocycles. The summed E-state index contributed by atoms with van der Waals surface area (Å²) in [5.41, 5.74) is 2.49. The molecule has 0 unspecified atom stereocenters. The molecule has 0 aliphatic carbocycles. The SMILES string of the molecule is Cc1c(Cl)ccc2sc(N3CCN(C(=O)c4ccccn4)CC3)nc12. The molecule has 0 saturated carbocycles. The molecular formula is C18H17ClN4OS. The predicted octanol–water partition coefficient (Wildman–Crippen LogP) is 3.62. The van der Waals surface area contributed by atoms with E-state index in [1.165, 1.54) is 0 Å². The number of benzene rings is 1. The van der Waals surface area contributed by atoms with Crippen LogP contribution in [0.15, 0.2) is 36.5 Å². The Labute approximate surface area is 154 Å². The summed E-state index contributed by atoms with van der Waals surface area (Å²) in [7, 11) is 0. The van der Waals surface area contributed by atoms with E-state index in [2.05, 4.69) is 9.88 Å². The number of amides is 1. The van der Waals surface area contributed by atoms with Gasteiger partial charge in [0.2, 0.25) is 0 Å². The van der Waals surface area contributed by atoms with E-state index < -0.39 is 0 Å². The molecule has 5 nitrogen and oxygen atoms in total. The number of nitrogens with zero attached hydrogens (tertiary/aromatic N) is 4. The van der Waals surface area contributed by atoms with E-state index in [1.807, 2.05) is 36.1 Å². The van der Waals surface area contributed by atoms with Gasteiger partial charge < -0.3 is 9.80 Å². The van der Waals surface area contributed by atoms with Gasteiger partial charge in [0.15, 0.2) is 5.13 Å². The van der Waals surface area contributed by atoms with Gasteiger partial charge in [-0.05, 0) is 36.8 Å². The first-order chi connectivity index (χ1) is 12.1. The molecule has 3 aromatic rings. The first-order valence-corrected chi connectivity index (χ1v) is 9.34. The monoisotopic (exact) mass is 372 g/mol. The van der Waals surface area contributed by atoms with E-state index >= 15 is 0 Å². The summed E-state index contributed by atoms with van der Waals surface area (Å²) in [6.45, 7) is 4.88. The molecule has 4 rings (SSSR count). The minimum absolute atomic E-state index is 0.00724. The molecule has 1 aliphatic heterocycles. The number of piperazine rings is 1. The van der Waals surface area contributed by atoms with Crippen LogP contribution in [-0.2, 0) is 0 Å². The maximum atomic E-state index is 12.5. The van der Waals surface area contributed by atoms with Gasteiger partial charge in [-0.3, -0.25) is 9.78 Å². The number of thiazole rings is 1. The molecular weight excluding hydrogens is 356 g/mol. The van der Waals surface area contributed by atoms with Crippen LogP contribution in [0.3, 0.4) is 0 Å². The lowest BCUT2D eigenvalue weighted by atomic mass is 10.2. The van der Waals surface area contributed by atoms with Crippen LogP contribution in [0.4, 0.5) is 5.13 Å². The highest BCUT2D eigenvalue weighted by Gasteiger charge is 2.24. The maximum Gasteiger partial charge on any atom is 0.272 e. The van der Waals surface area contributed by atoms with Crippen LogP contribution in [0.2, 0.25) is 5.02 Å². The third-order valence-corrected chi connectivity index (χ3v) is 5.95. The molecule has 7 heteroatoms. The van der Waals surface area contributed by atoms with Crippen molar-refractivity contribution in [2.24, 2.45) is 0 Å². The highest BCUT2D eigenvalue weighted by molar-refractivity contribution is 7.22.